The molecule has 3 rings (SSSR count). The Morgan fingerprint density at radius 1 is 0.878 bits per heavy atom. The van der Waals surface area contributed by atoms with Gasteiger partial charge in [0.15, 0.2) is 0 Å². The number of rotatable bonds is 10. The van der Waals surface area contributed by atoms with Crippen molar-refractivity contribution in [1.82, 2.24) is 9.29 Å². The summed E-state index contributed by atoms with van der Waals surface area (Å²) in [6.07, 6.45) is 0.689. The van der Waals surface area contributed by atoms with E-state index >= 15 is 0 Å². The molecule has 0 aliphatic rings. The molecule has 1 unspecified atom stereocenters. The van der Waals surface area contributed by atoms with Crippen LogP contribution in [-0.2, 0) is 30.8 Å². The van der Waals surface area contributed by atoms with Crippen LogP contribution in [0.2, 0.25) is 0 Å². The monoisotopic (exact) mass is 584 g/mol. The fraction of sp³-hybridized carbons (Fsp3) is 0.419. The van der Waals surface area contributed by atoms with Gasteiger partial charge in [-0.25, -0.2) is 22.0 Å². The van der Waals surface area contributed by atoms with Crippen molar-refractivity contribution in [2.75, 3.05) is 6.61 Å². The van der Waals surface area contributed by atoms with E-state index in [1.807, 2.05) is 37.3 Å². The lowest BCUT2D eigenvalue weighted by molar-refractivity contribution is 0.00654. The SMILES string of the molecule is Cc1ccc(S(=O)(=O)n2ccc(C(=O)OC(C)(C)C)c2C(CCOCc2ccccc2)NC(=O)OC(C)(C)C)cc1. The van der Waals surface area contributed by atoms with Gasteiger partial charge in [-0.2, -0.15) is 0 Å². The molecular formula is C31H40N2O7S. The molecule has 0 saturated heterocycles. The van der Waals surface area contributed by atoms with Crippen LogP contribution in [0.5, 0.6) is 0 Å². The number of ether oxygens (including phenoxy) is 3. The Morgan fingerprint density at radius 3 is 2.07 bits per heavy atom. The molecule has 9 nitrogen and oxygen atoms in total. The van der Waals surface area contributed by atoms with Crippen molar-refractivity contribution < 1.29 is 32.2 Å². The number of carbonyl (C=O) groups is 2. The second kappa shape index (κ2) is 12.9. The molecule has 1 N–H and O–H groups in total. The minimum absolute atomic E-state index is 0.0136. The van der Waals surface area contributed by atoms with Gasteiger partial charge in [0, 0.05) is 12.8 Å². The summed E-state index contributed by atoms with van der Waals surface area (Å²) >= 11 is 0. The number of aryl methyl sites for hydroxylation is 1. The zero-order valence-electron chi connectivity index (χ0n) is 24.8. The van der Waals surface area contributed by atoms with E-state index in [9.17, 15) is 18.0 Å². The maximum absolute atomic E-state index is 13.9. The predicted octanol–water partition coefficient (Wildman–Crippen LogP) is 6.16. The highest BCUT2D eigenvalue weighted by molar-refractivity contribution is 7.90. The number of hydrogen-bond acceptors (Lipinski definition) is 7. The zero-order valence-corrected chi connectivity index (χ0v) is 25.6. The largest absolute Gasteiger partial charge is 0.456 e. The minimum Gasteiger partial charge on any atom is -0.456 e. The van der Waals surface area contributed by atoms with Gasteiger partial charge in [-0.1, -0.05) is 48.0 Å². The Hall–Kier alpha value is -3.63. The van der Waals surface area contributed by atoms with Crippen LogP contribution >= 0.6 is 0 Å². The maximum Gasteiger partial charge on any atom is 0.408 e. The van der Waals surface area contributed by atoms with Crippen LogP contribution in [0.1, 0.15) is 81.2 Å². The number of nitrogens with one attached hydrogen (secondary N) is 1. The quantitative estimate of drug-likeness (QED) is 0.224. The van der Waals surface area contributed by atoms with Crippen molar-refractivity contribution in [3.05, 3.63) is 89.2 Å². The van der Waals surface area contributed by atoms with Gasteiger partial charge in [0.2, 0.25) is 0 Å². The topological polar surface area (TPSA) is 113 Å². The summed E-state index contributed by atoms with van der Waals surface area (Å²) in [5.41, 5.74) is 0.283. The Balaban J connectivity index is 2.06. The number of nitrogens with zero attached hydrogens (tertiary/aromatic N) is 1. The summed E-state index contributed by atoms with van der Waals surface area (Å²) in [5, 5.41) is 2.77. The molecule has 0 aliphatic carbocycles. The highest BCUT2D eigenvalue weighted by Crippen LogP contribution is 2.29. The molecule has 0 radical (unpaired) electrons. The second-order valence-electron chi connectivity index (χ2n) is 11.8. The first kappa shape index (κ1) is 31.9. The number of esters is 1. The molecule has 1 heterocycles. The fourth-order valence-corrected chi connectivity index (χ4v) is 5.41. The summed E-state index contributed by atoms with van der Waals surface area (Å²) < 4.78 is 45.7. The van der Waals surface area contributed by atoms with Gasteiger partial charge in [0.1, 0.15) is 11.2 Å². The van der Waals surface area contributed by atoms with Crippen molar-refractivity contribution in [3.63, 3.8) is 0 Å². The molecule has 41 heavy (non-hydrogen) atoms. The molecule has 1 atom stereocenters. The molecule has 0 fully saturated rings. The number of benzene rings is 2. The Morgan fingerprint density at radius 2 is 1.49 bits per heavy atom. The first-order chi connectivity index (χ1) is 19.1. The number of aromatic nitrogens is 1. The van der Waals surface area contributed by atoms with E-state index in [-0.39, 0.29) is 29.2 Å². The zero-order chi connectivity index (χ0) is 30.4. The van der Waals surface area contributed by atoms with Gasteiger partial charge >= 0.3 is 12.1 Å². The predicted molar refractivity (Wildman–Crippen MR) is 156 cm³/mol. The Kier molecular flexibility index (Phi) is 10.0. The van der Waals surface area contributed by atoms with E-state index in [0.717, 1.165) is 15.1 Å². The molecular weight excluding hydrogens is 544 g/mol. The maximum atomic E-state index is 13.9. The van der Waals surface area contributed by atoms with E-state index < -0.39 is 39.3 Å². The smallest absolute Gasteiger partial charge is 0.408 e. The van der Waals surface area contributed by atoms with Crippen molar-refractivity contribution in [2.45, 2.75) is 83.6 Å². The molecule has 0 bridgehead atoms. The number of carbonyl (C=O) groups excluding carboxylic acids is 2. The molecule has 3 aromatic rings. The molecule has 1 aromatic heterocycles. The normalized spacial score (nSPS) is 13.0. The van der Waals surface area contributed by atoms with Gasteiger partial charge in [-0.05, 0) is 78.6 Å². The average Bonchev–Trinajstić information content (AvgIpc) is 3.31. The van der Waals surface area contributed by atoms with E-state index in [0.29, 0.717) is 6.61 Å². The summed E-state index contributed by atoms with van der Waals surface area (Å²) in [4.78, 5) is 26.3. The van der Waals surface area contributed by atoms with Gasteiger partial charge in [0.25, 0.3) is 10.0 Å². The fourth-order valence-electron chi connectivity index (χ4n) is 4.00. The van der Waals surface area contributed by atoms with Crippen LogP contribution in [0.3, 0.4) is 0 Å². The second-order valence-corrected chi connectivity index (χ2v) is 13.6. The van der Waals surface area contributed by atoms with Crippen LogP contribution in [0, 0.1) is 6.92 Å². The van der Waals surface area contributed by atoms with Crippen LogP contribution in [0.4, 0.5) is 4.79 Å². The highest BCUT2D eigenvalue weighted by Gasteiger charge is 2.33. The van der Waals surface area contributed by atoms with Crippen molar-refractivity contribution in [1.29, 1.82) is 0 Å². The van der Waals surface area contributed by atoms with Crippen LogP contribution in [-0.4, -0.2) is 42.3 Å². The Labute approximate surface area is 242 Å². The van der Waals surface area contributed by atoms with E-state index in [4.69, 9.17) is 14.2 Å². The van der Waals surface area contributed by atoms with Crippen molar-refractivity contribution in [3.8, 4) is 0 Å². The molecule has 10 heteroatoms. The van der Waals surface area contributed by atoms with Crippen LogP contribution < -0.4 is 5.32 Å². The molecule has 222 valence electrons. The summed E-state index contributed by atoms with van der Waals surface area (Å²) in [7, 11) is -4.16. The van der Waals surface area contributed by atoms with Gasteiger partial charge in [-0.15, -0.1) is 0 Å². The summed E-state index contributed by atoms with van der Waals surface area (Å²) in [6.45, 7) is 12.7. The lowest BCUT2D eigenvalue weighted by Gasteiger charge is -2.26. The molecule has 0 saturated carbocycles. The first-order valence-corrected chi connectivity index (χ1v) is 14.9. The third kappa shape index (κ3) is 9.19. The Bertz CT molecular complexity index is 1430. The minimum atomic E-state index is -4.16. The highest BCUT2D eigenvalue weighted by atomic mass is 32.2. The van der Waals surface area contributed by atoms with Crippen LogP contribution in [0.15, 0.2) is 71.8 Å². The number of alkyl carbamates (subject to hydrolysis) is 1. The third-order valence-corrected chi connectivity index (χ3v) is 7.47. The van der Waals surface area contributed by atoms with Crippen LogP contribution in [0.25, 0.3) is 0 Å². The van der Waals surface area contributed by atoms with Gasteiger partial charge < -0.3 is 19.5 Å². The average molecular weight is 585 g/mol. The standard InChI is InChI=1S/C31H40N2O7S/c1-22-13-15-24(16-14-22)41(36,37)33-19-17-25(28(34)39-30(2,3)4)27(33)26(32-29(35)40-31(5,6)7)18-20-38-21-23-11-9-8-10-12-23/h8-17,19,26H,18,20-21H2,1-7H3,(H,32,35). The summed E-state index contributed by atoms with van der Waals surface area (Å²) in [6, 6.07) is 16.4. The van der Waals surface area contributed by atoms with Crippen molar-refractivity contribution in [2.24, 2.45) is 0 Å². The van der Waals surface area contributed by atoms with E-state index in [2.05, 4.69) is 5.32 Å². The van der Waals surface area contributed by atoms with Gasteiger partial charge in [0.05, 0.1) is 28.8 Å². The molecule has 0 spiro atoms. The molecule has 0 aliphatic heterocycles. The molecule has 2 aromatic carbocycles. The summed E-state index contributed by atoms with van der Waals surface area (Å²) in [5.74, 6) is -0.716. The van der Waals surface area contributed by atoms with Crippen molar-refractivity contribution >= 4 is 22.1 Å². The number of amides is 1. The number of hydrogen-bond donors (Lipinski definition) is 1. The lowest BCUT2D eigenvalue weighted by Crippen LogP contribution is -2.37. The van der Waals surface area contributed by atoms with Gasteiger partial charge in [-0.3, -0.25) is 0 Å². The third-order valence-electron chi connectivity index (χ3n) is 5.77. The lowest BCUT2D eigenvalue weighted by atomic mass is 10.1. The van der Waals surface area contributed by atoms with E-state index in [1.165, 1.54) is 24.4 Å². The molecule has 1 amide bonds. The van der Waals surface area contributed by atoms with E-state index in [1.54, 1.807) is 53.7 Å². The first-order valence-electron chi connectivity index (χ1n) is 13.4.